The van der Waals surface area contributed by atoms with Crippen LogP contribution in [0.1, 0.15) is 11.4 Å². The lowest BCUT2D eigenvalue weighted by Crippen LogP contribution is -2.13. The molecule has 0 bridgehead atoms. The molecular formula is C28H30N6O2. The fraction of sp³-hybridized carbons (Fsp3) is 0.214. The van der Waals surface area contributed by atoms with Crippen LogP contribution in [0.4, 0.5) is 22.7 Å². The Morgan fingerprint density at radius 2 is 1.06 bits per heavy atom. The highest BCUT2D eigenvalue weighted by Crippen LogP contribution is 2.29. The summed E-state index contributed by atoms with van der Waals surface area (Å²) in [7, 11) is 7.87. The van der Waals surface area contributed by atoms with Gasteiger partial charge in [-0.05, 0) is 62.4 Å². The molecule has 2 heterocycles. The molecule has 0 radical (unpaired) electrons. The quantitative estimate of drug-likeness (QED) is 0.388. The predicted molar refractivity (Wildman–Crippen MR) is 148 cm³/mol. The fourth-order valence-electron chi connectivity index (χ4n) is 4.09. The van der Waals surface area contributed by atoms with Crippen molar-refractivity contribution >= 4 is 56.4 Å². The molecule has 2 aromatic heterocycles. The SMILES string of the molecule is Cc1cc(N(C)C)c2cc(NC(=O)/C=C/C(=O)Nc3ccc4nc(C)cc(N(C)C)c4c3)ccc2n1. The van der Waals surface area contributed by atoms with Gasteiger partial charge in [-0.1, -0.05) is 0 Å². The smallest absolute Gasteiger partial charge is 0.248 e. The summed E-state index contributed by atoms with van der Waals surface area (Å²) in [6.07, 6.45) is 2.44. The van der Waals surface area contributed by atoms with Crippen LogP contribution in [-0.4, -0.2) is 50.0 Å². The molecule has 0 saturated carbocycles. The topological polar surface area (TPSA) is 90.5 Å². The summed E-state index contributed by atoms with van der Waals surface area (Å²) in [6.45, 7) is 3.91. The van der Waals surface area contributed by atoms with Gasteiger partial charge in [0.25, 0.3) is 0 Å². The van der Waals surface area contributed by atoms with E-state index in [4.69, 9.17) is 0 Å². The number of pyridine rings is 2. The average Bonchev–Trinajstić information content (AvgIpc) is 2.82. The van der Waals surface area contributed by atoms with Gasteiger partial charge < -0.3 is 20.4 Å². The molecule has 8 nitrogen and oxygen atoms in total. The molecule has 0 aliphatic carbocycles. The van der Waals surface area contributed by atoms with E-state index in [1.54, 1.807) is 12.1 Å². The molecule has 4 aromatic rings. The summed E-state index contributed by atoms with van der Waals surface area (Å²) >= 11 is 0. The highest BCUT2D eigenvalue weighted by atomic mass is 16.2. The average molecular weight is 483 g/mol. The Balaban J connectivity index is 1.47. The summed E-state index contributed by atoms with van der Waals surface area (Å²) in [5.41, 5.74) is 6.83. The van der Waals surface area contributed by atoms with Crippen LogP contribution < -0.4 is 20.4 Å². The number of rotatable bonds is 6. The largest absolute Gasteiger partial charge is 0.377 e. The van der Waals surface area contributed by atoms with Crippen LogP contribution in [0.2, 0.25) is 0 Å². The number of amides is 2. The summed E-state index contributed by atoms with van der Waals surface area (Å²) in [4.78, 5) is 38.1. The zero-order valence-corrected chi connectivity index (χ0v) is 21.4. The van der Waals surface area contributed by atoms with Gasteiger partial charge in [-0.15, -0.1) is 0 Å². The van der Waals surface area contributed by atoms with E-state index in [1.165, 1.54) is 12.2 Å². The van der Waals surface area contributed by atoms with Crippen molar-refractivity contribution in [1.82, 2.24) is 9.97 Å². The first-order chi connectivity index (χ1) is 17.1. The van der Waals surface area contributed by atoms with Crippen LogP contribution in [-0.2, 0) is 9.59 Å². The van der Waals surface area contributed by atoms with Crippen molar-refractivity contribution in [1.29, 1.82) is 0 Å². The van der Waals surface area contributed by atoms with E-state index < -0.39 is 11.8 Å². The van der Waals surface area contributed by atoms with Gasteiger partial charge in [-0.25, -0.2) is 0 Å². The summed E-state index contributed by atoms with van der Waals surface area (Å²) in [6, 6.07) is 15.1. The van der Waals surface area contributed by atoms with Crippen molar-refractivity contribution in [3.8, 4) is 0 Å². The number of benzene rings is 2. The second kappa shape index (κ2) is 10.0. The van der Waals surface area contributed by atoms with Crippen LogP contribution in [0.25, 0.3) is 21.8 Å². The minimum atomic E-state index is -0.399. The van der Waals surface area contributed by atoms with Crippen molar-refractivity contribution in [3.63, 3.8) is 0 Å². The molecule has 0 saturated heterocycles. The van der Waals surface area contributed by atoms with Gasteiger partial charge in [0.15, 0.2) is 0 Å². The Morgan fingerprint density at radius 3 is 1.42 bits per heavy atom. The number of anilines is 4. The monoisotopic (exact) mass is 482 g/mol. The molecule has 2 aromatic carbocycles. The second-order valence-corrected chi connectivity index (χ2v) is 9.13. The molecule has 8 heteroatoms. The maximum absolute atomic E-state index is 12.5. The standard InChI is InChI=1S/C28H30N6O2/c1-17-13-25(33(3)4)21-15-19(7-9-23(21)29-17)31-27(35)11-12-28(36)32-20-8-10-24-22(16-20)26(34(5)6)14-18(2)30-24/h7-16H,1-6H3,(H,31,35)(H,32,36)/b12-11+. The van der Waals surface area contributed by atoms with Crippen molar-refractivity contribution in [2.75, 3.05) is 48.6 Å². The minimum Gasteiger partial charge on any atom is -0.377 e. The lowest BCUT2D eigenvalue weighted by Gasteiger charge is -2.17. The van der Waals surface area contributed by atoms with Crippen molar-refractivity contribution in [3.05, 3.63) is 72.1 Å². The molecule has 36 heavy (non-hydrogen) atoms. The lowest BCUT2D eigenvalue weighted by atomic mass is 10.1. The molecule has 0 aliphatic heterocycles. The first-order valence-corrected chi connectivity index (χ1v) is 11.6. The molecule has 0 unspecified atom stereocenters. The van der Waals surface area contributed by atoms with Gasteiger partial charge in [-0.3, -0.25) is 19.6 Å². The molecular weight excluding hydrogens is 452 g/mol. The first kappa shape index (κ1) is 24.7. The fourth-order valence-corrected chi connectivity index (χ4v) is 4.09. The Kier molecular flexibility index (Phi) is 6.87. The highest BCUT2D eigenvalue weighted by Gasteiger charge is 2.10. The number of nitrogens with zero attached hydrogens (tertiary/aromatic N) is 4. The van der Waals surface area contributed by atoms with Gasteiger partial charge in [0.1, 0.15) is 0 Å². The van der Waals surface area contributed by atoms with E-state index in [0.717, 1.165) is 44.6 Å². The number of carbonyl (C=O) groups excluding carboxylic acids is 2. The molecule has 184 valence electrons. The van der Waals surface area contributed by atoms with Crippen molar-refractivity contribution < 1.29 is 9.59 Å². The highest BCUT2D eigenvalue weighted by molar-refractivity contribution is 6.08. The van der Waals surface area contributed by atoms with Crippen molar-refractivity contribution in [2.24, 2.45) is 0 Å². The molecule has 4 rings (SSSR count). The van der Waals surface area contributed by atoms with E-state index >= 15 is 0 Å². The van der Waals surface area contributed by atoms with Crippen LogP contribution in [0.15, 0.2) is 60.7 Å². The Hall–Kier alpha value is -4.46. The number of fused-ring (bicyclic) bond motifs is 2. The minimum absolute atomic E-state index is 0.399. The number of hydrogen-bond donors (Lipinski definition) is 2. The van der Waals surface area contributed by atoms with Crippen LogP contribution in [0.3, 0.4) is 0 Å². The number of aromatic nitrogens is 2. The van der Waals surface area contributed by atoms with Crippen LogP contribution >= 0.6 is 0 Å². The third-order valence-electron chi connectivity index (χ3n) is 5.71. The molecule has 0 spiro atoms. The van der Waals surface area contributed by atoms with E-state index in [-0.39, 0.29) is 0 Å². The number of carbonyl (C=O) groups is 2. The van der Waals surface area contributed by atoms with E-state index in [9.17, 15) is 9.59 Å². The van der Waals surface area contributed by atoms with Gasteiger partial charge >= 0.3 is 0 Å². The molecule has 2 amide bonds. The number of hydrogen-bond acceptors (Lipinski definition) is 6. The normalized spacial score (nSPS) is 11.2. The maximum atomic E-state index is 12.5. The molecule has 0 fully saturated rings. The first-order valence-electron chi connectivity index (χ1n) is 11.6. The third-order valence-corrected chi connectivity index (χ3v) is 5.71. The molecule has 0 atom stereocenters. The Bertz CT molecular complexity index is 1390. The van der Waals surface area contributed by atoms with Gasteiger partial charge in [0, 0.05) is 85.3 Å². The zero-order valence-electron chi connectivity index (χ0n) is 21.4. The summed E-state index contributed by atoms with van der Waals surface area (Å²) < 4.78 is 0. The van der Waals surface area contributed by atoms with E-state index in [2.05, 4.69) is 20.6 Å². The van der Waals surface area contributed by atoms with Gasteiger partial charge in [0.05, 0.1) is 11.0 Å². The lowest BCUT2D eigenvalue weighted by molar-refractivity contribution is -0.114. The second-order valence-electron chi connectivity index (χ2n) is 9.13. The maximum Gasteiger partial charge on any atom is 0.248 e. The third kappa shape index (κ3) is 5.43. The number of aryl methyl sites for hydroxylation is 2. The van der Waals surface area contributed by atoms with Gasteiger partial charge in [0.2, 0.25) is 11.8 Å². The van der Waals surface area contributed by atoms with Crippen LogP contribution in [0.5, 0.6) is 0 Å². The zero-order chi connectivity index (χ0) is 26.0. The Labute approximate surface area is 210 Å². The molecule has 2 N–H and O–H groups in total. The van der Waals surface area contributed by atoms with Crippen molar-refractivity contribution in [2.45, 2.75) is 13.8 Å². The number of nitrogens with one attached hydrogen (secondary N) is 2. The van der Waals surface area contributed by atoms with Crippen LogP contribution in [0, 0.1) is 13.8 Å². The van der Waals surface area contributed by atoms with E-state index in [0.29, 0.717) is 11.4 Å². The van der Waals surface area contributed by atoms with E-state index in [1.807, 2.05) is 88.2 Å². The Morgan fingerprint density at radius 1 is 0.667 bits per heavy atom. The molecule has 0 aliphatic rings. The summed E-state index contributed by atoms with van der Waals surface area (Å²) in [5, 5.41) is 7.50. The predicted octanol–water partition coefficient (Wildman–Crippen LogP) is 4.67. The van der Waals surface area contributed by atoms with Gasteiger partial charge in [-0.2, -0.15) is 0 Å². The summed E-state index contributed by atoms with van der Waals surface area (Å²) in [5.74, 6) is -0.798.